The molecule has 43 heavy (non-hydrogen) atoms. The molecule has 4 aromatic rings. The fourth-order valence-electron chi connectivity index (χ4n) is 8.00. The Bertz CT molecular complexity index is 1740. The maximum absolute atomic E-state index is 16.7. The number of nitrogens with zero attached hydrogens (tertiary/aromatic N) is 4. The van der Waals surface area contributed by atoms with E-state index in [0.717, 1.165) is 51.7 Å². The molecular formula is C33H34F3N5O2. The first-order valence-corrected chi connectivity index (χ1v) is 15.3. The Kier molecular flexibility index (Phi) is 6.41. The molecular weight excluding hydrogens is 555 g/mol. The van der Waals surface area contributed by atoms with Crippen LogP contribution in [0, 0.1) is 11.6 Å². The number of ether oxygens (including phenoxy) is 1. The molecule has 8 rings (SSSR count). The molecule has 4 aliphatic rings. The highest BCUT2D eigenvalue weighted by Gasteiger charge is 2.49. The molecule has 1 aromatic heterocycles. The number of alkyl halides is 1. The van der Waals surface area contributed by atoms with E-state index in [1.807, 2.05) is 0 Å². The van der Waals surface area contributed by atoms with Crippen LogP contribution in [0.5, 0.6) is 11.8 Å². The van der Waals surface area contributed by atoms with Gasteiger partial charge in [-0.2, -0.15) is 9.97 Å². The number of rotatable bonds is 5. The molecule has 4 fully saturated rings. The van der Waals surface area contributed by atoms with Crippen LogP contribution in [0.15, 0.2) is 42.5 Å². The molecule has 0 amide bonds. The number of halogens is 3. The van der Waals surface area contributed by atoms with Crippen LogP contribution >= 0.6 is 0 Å². The highest BCUT2D eigenvalue weighted by molar-refractivity contribution is 6.01. The molecule has 7 nitrogen and oxygen atoms in total. The summed E-state index contributed by atoms with van der Waals surface area (Å²) in [4.78, 5) is 13.8. The summed E-state index contributed by atoms with van der Waals surface area (Å²) in [5.74, 6) is -0.631. The summed E-state index contributed by atoms with van der Waals surface area (Å²) < 4.78 is 52.4. The average molecular weight is 590 g/mol. The van der Waals surface area contributed by atoms with Crippen molar-refractivity contribution >= 4 is 27.5 Å². The summed E-state index contributed by atoms with van der Waals surface area (Å²) in [5.41, 5.74) is 0.0412. The minimum absolute atomic E-state index is 0.0522. The number of aromatic nitrogens is 2. The van der Waals surface area contributed by atoms with Gasteiger partial charge in [-0.25, -0.2) is 13.2 Å². The Morgan fingerprint density at radius 1 is 1.00 bits per heavy atom. The zero-order valence-corrected chi connectivity index (χ0v) is 23.8. The standard InChI is InChI=1S/C33H34F3N5O2/c34-20-15-33(10-2-11-41(33)16-20)18-43-32-38-30-25(31(39-32)40-12-9-21-5-6-22(17-40)37-21)8-7-24(29(30)36)26-14-23(42)13-19-3-1-4-27(35)28(19)26/h1,3-4,7-8,13-14,20-22,37,42H,2,5-6,9-12,15-18H2/t20-,21-,22+,33+/m1/s1. The predicted octanol–water partition coefficient (Wildman–Crippen LogP) is 5.72. The van der Waals surface area contributed by atoms with Crippen LogP contribution in [0.25, 0.3) is 32.8 Å². The normalized spacial score (nSPS) is 27.2. The van der Waals surface area contributed by atoms with Crippen LogP contribution < -0.4 is 15.0 Å². The molecule has 2 N–H and O–H groups in total. The van der Waals surface area contributed by atoms with Crippen molar-refractivity contribution in [2.45, 2.75) is 62.3 Å². The molecule has 0 radical (unpaired) electrons. The molecule has 5 heterocycles. The molecule has 224 valence electrons. The monoisotopic (exact) mass is 589 g/mol. The largest absolute Gasteiger partial charge is 0.508 e. The van der Waals surface area contributed by atoms with Crippen molar-refractivity contribution in [1.82, 2.24) is 20.2 Å². The van der Waals surface area contributed by atoms with Gasteiger partial charge in [0.1, 0.15) is 35.7 Å². The quantitative estimate of drug-likeness (QED) is 0.309. The van der Waals surface area contributed by atoms with Crippen molar-refractivity contribution in [2.75, 3.05) is 37.7 Å². The van der Waals surface area contributed by atoms with E-state index in [-0.39, 0.29) is 40.4 Å². The minimum atomic E-state index is -0.894. The fraction of sp³-hybridized carbons (Fsp3) is 0.455. The van der Waals surface area contributed by atoms with Gasteiger partial charge in [0.2, 0.25) is 0 Å². The second-order valence-corrected chi connectivity index (χ2v) is 12.7. The molecule has 0 unspecified atom stereocenters. The number of fused-ring (bicyclic) bond motifs is 5. The Hall–Kier alpha value is -3.63. The van der Waals surface area contributed by atoms with Gasteiger partial charge in [0.15, 0.2) is 5.82 Å². The summed E-state index contributed by atoms with van der Waals surface area (Å²) in [6, 6.07) is 11.6. The molecule has 3 aromatic carbocycles. The molecule has 4 atom stereocenters. The lowest BCUT2D eigenvalue weighted by Gasteiger charge is -2.31. The van der Waals surface area contributed by atoms with Crippen LogP contribution in [0.4, 0.5) is 19.0 Å². The second-order valence-electron chi connectivity index (χ2n) is 12.7. The van der Waals surface area contributed by atoms with E-state index in [4.69, 9.17) is 9.72 Å². The molecule has 4 aliphatic heterocycles. The average Bonchev–Trinajstić information content (AvgIpc) is 3.62. The number of phenols is 1. The van der Waals surface area contributed by atoms with Gasteiger partial charge in [-0.3, -0.25) is 4.90 Å². The zero-order chi connectivity index (χ0) is 29.3. The van der Waals surface area contributed by atoms with E-state index in [1.165, 1.54) is 18.2 Å². The van der Waals surface area contributed by atoms with E-state index >= 15 is 8.78 Å². The van der Waals surface area contributed by atoms with Gasteiger partial charge in [-0.1, -0.05) is 18.2 Å². The van der Waals surface area contributed by atoms with Crippen molar-refractivity contribution in [2.24, 2.45) is 0 Å². The van der Waals surface area contributed by atoms with Crippen LogP contribution in [-0.2, 0) is 0 Å². The van der Waals surface area contributed by atoms with Gasteiger partial charge in [0.05, 0.1) is 5.54 Å². The van der Waals surface area contributed by atoms with Gasteiger partial charge in [-0.15, -0.1) is 0 Å². The number of phenolic OH excluding ortho intramolecular Hbond substituents is 1. The third-order valence-electron chi connectivity index (χ3n) is 10.0. The maximum Gasteiger partial charge on any atom is 0.319 e. The number of anilines is 1. The molecule has 4 saturated heterocycles. The van der Waals surface area contributed by atoms with Crippen molar-refractivity contribution in [3.8, 4) is 22.9 Å². The molecule has 0 spiro atoms. The smallest absolute Gasteiger partial charge is 0.319 e. The summed E-state index contributed by atoms with van der Waals surface area (Å²) in [6.07, 6.45) is 4.50. The Balaban J connectivity index is 1.25. The highest BCUT2D eigenvalue weighted by Crippen LogP contribution is 2.42. The summed E-state index contributed by atoms with van der Waals surface area (Å²) in [5, 5.41) is 15.4. The van der Waals surface area contributed by atoms with Crippen molar-refractivity contribution in [1.29, 1.82) is 0 Å². The zero-order valence-electron chi connectivity index (χ0n) is 23.8. The van der Waals surface area contributed by atoms with Crippen molar-refractivity contribution < 1.29 is 23.0 Å². The maximum atomic E-state index is 16.7. The topological polar surface area (TPSA) is 73.8 Å². The van der Waals surface area contributed by atoms with Gasteiger partial charge < -0.3 is 20.1 Å². The van der Waals surface area contributed by atoms with E-state index in [0.29, 0.717) is 41.6 Å². The highest BCUT2D eigenvalue weighted by atomic mass is 19.1. The first-order valence-electron chi connectivity index (χ1n) is 15.3. The van der Waals surface area contributed by atoms with Gasteiger partial charge >= 0.3 is 6.01 Å². The minimum Gasteiger partial charge on any atom is -0.508 e. The number of benzene rings is 3. The van der Waals surface area contributed by atoms with Gasteiger partial charge in [-0.05, 0) is 73.9 Å². The van der Waals surface area contributed by atoms with E-state index in [1.54, 1.807) is 24.3 Å². The van der Waals surface area contributed by atoms with Gasteiger partial charge in [0.25, 0.3) is 0 Å². The van der Waals surface area contributed by atoms with E-state index < -0.39 is 23.3 Å². The summed E-state index contributed by atoms with van der Waals surface area (Å²) in [6.45, 7) is 2.96. The lowest BCUT2D eigenvalue weighted by molar-refractivity contribution is 0.107. The van der Waals surface area contributed by atoms with Crippen molar-refractivity contribution in [3.63, 3.8) is 0 Å². The molecule has 10 heteroatoms. The molecule has 0 aliphatic carbocycles. The summed E-state index contributed by atoms with van der Waals surface area (Å²) >= 11 is 0. The lowest BCUT2D eigenvalue weighted by atomic mass is 9.95. The molecule has 2 bridgehead atoms. The van der Waals surface area contributed by atoms with Crippen LogP contribution in [0.3, 0.4) is 0 Å². The summed E-state index contributed by atoms with van der Waals surface area (Å²) in [7, 11) is 0. The van der Waals surface area contributed by atoms with Crippen LogP contribution in [-0.4, -0.2) is 76.6 Å². The Labute approximate surface area is 247 Å². The Morgan fingerprint density at radius 3 is 2.79 bits per heavy atom. The number of nitrogens with one attached hydrogen (secondary N) is 1. The molecule has 0 saturated carbocycles. The van der Waals surface area contributed by atoms with Crippen LogP contribution in [0.1, 0.15) is 38.5 Å². The van der Waals surface area contributed by atoms with E-state index in [9.17, 15) is 9.50 Å². The Morgan fingerprint density at radius 2 is 1.88 bits per heavy atom. The number of hydrogen-bond acceptors (Lipinski definition) is 7. The van der Waals surface area contributed by atoms with Crippen LogP contribution in [0.2, 0.25) is 0 Å². The second kappa shape index (κ2) is 10.2. The lowest BCUT2D eigenvalue weighted by Crippen LogP contribution is -2.43. The first kappa shape index (κ1) is 27.0. The fourth-order valence-corrected chi connectivity index (χ4v) is 8.00. The van der Waals surface area contributed by atoms with Crippen molar-refractivity contribution in [3.05, 3.63) is 54.1 Å². The third kappa shape index (κ3) is 4.57. The number of aromatic hydroxyl groups is 1. The van der Waals surface area contributed by atoms with Gasteiger partial charge in [0, 0.05) is 54.5 Å². The number of hydrogen-bond donors (Lipinski definition) is 2. The van der Waals surface area contributed by atoms with E-state index in [2.05, 4.69) is 20.1 Å². The first-order chi connectivity index (χ1) is 20.9. The predicted molar refractivity (Wildman–Crippen MR) is 159 cm³/mol. The SMILES string of the molecule is Oc1cc(-c2ccc3c(N4CC[C@H]5CC[C@@H](C4)N5)nc(OC[C@@]45CCCN4C[C@H](F)C5)nc3c2F)c2c(F)cccc2c1. The third-order valence-corrected chi connectivity index (χ3v) is 10.0.